The summed E-state index contributed by atoms with van der Waals surface area (Å²) in [6.45, 7) is 3.70. The molecule has 0 heterocycles. The van der Waals surface area contributed by atoms with Crippen molar-refractivity contribution in [3.8, 4) is 0 Å². The van der Waals surface area contributed by atoms with Gasteiger partial charge in [-0.1, -0.05) is 36.8 Å². The van der Waals surface area contributed by atoms with Crippen LogP contribution in [0, 0.1) is 6.92 Å². The van der Waals surface area contributed by atoms with Crippen molar-refractivity contribution in [1.82, 2.24) is 5.32 Å². The maximum absolute atomic E-state index is 11.6. The van der Waals surface area contributed by atoms with Crippen LogP contribution in [-0.2, 0) is 16.0 Å². The van der Waals surface area contributed by atoms with E-state index in [9.17, 15) is 9.59 Å². The Balaban J connectivity index is 2.54. The number of rotatable bonds is 5. The molecule has 1 rings (SSSR count). The van der Waals surface area contributed by atoms with Gasteiger partial charge in [-0.25, -0.2) is 4.79 Å². The van der Waals surface area contributed by atoms with Crippen LogP contribution in [0.3, 0.4) is 0 Å². The van der Waals surface area contributed by atoms with E-state index in [-0.39, 0.29) is 12.3 Å². The number of carbonyl (C=O) groups is 2. The highest BCUT2D eigenvalue weighted by Gasteiger charge is 2.17. The van der Waals surface area contributed by atoms with Crippen LogP contribution in [0.1, 0.15) is 24.5 Å². The van der Waals surface area contributed by atoms with Gasteiger partial charge in [-0.3, -0.25) is 4.79 Å². The zero-order chi connectivity index (χ0) is 12.8. The van der Waals surface area contributed by atoms with Crippen LogP contribution in [-0.4, -0.2) is 23.0 Å². The Labute approximate surface area is 101 Å². The summed E-state index contributed by atoms with van der Waals surface area (Å²) in [6.07, 6.45) is 0.596. The maximum atomic E-state index is 11.6. The van der Waals surface area contributed by atoms with Gasteiger partial charge in [0.15, 0.2) is 0 Å². The molecule has 0 saturated heterocycles. The van der Waals surface area contributed by atoms with Gasteiger partial charge in [-0.2, -0.15) is 0 Å². The van der Waals surface area contributed by atoms with Gasteiger partial charge in [0.2, 0.25) is 5.91 Å². The minimum absolute atomic E-state index is 0.212. The minimum Gasteiger partial charge on any atom is -0.480 e. The third-order valence-electron chi connectivity index (χ3n) is 2.53. The molecule has 0 unspecified atom stereocenters. The Hall–Kier alpha value is -1.84. The number of amides is 1. The summed E-state index contributed by atoms with van der Waals surface area (Å²) < 4.78 is 0. The lowest BCUT2D eigenvalue weighted by Crippen LogP contribution is -2.40. The van der Waals surface area contributed by atoms with Crippen molar-refractivity contribution in [1.29, 1.82) is 0 Å². The Morgan fingerprint density at radius 3 is 2.35 bits per heavy atom. The van der Waals surface area contributed by atoms with E-state index in [1.165, 1.54) is 0 Å². The molecule has 4 heteroatoms. The molecule has 0 saturated carbocycles. The summed E-state index contributed by atoms with van der Waals surface area (Å²) in [5.41, 5.74) is 2.01. The molecule has 0 aliphatic carbocycles. The van der Waals surface area contributed by atoms with Crippen molar-refractivity contribution in [2.75, 3.05) is 0 Å². The van der Waals surface area contributed by atoms with Crippen LogP contribution in [0.25, 0.3) is 0 Å². The second-order valence-electron chi connectivity index (χ2n) is 4.03. The van der Waals surface area contributed by atoms with Crippen LogP contribution in [0.5, 0.6) is 0 Å². The number of carboxylic acid groups (broad SMARTS) is 1. The standard InChI is InChI=1S/C13H17NO3/c1-3-11(13(16)17)14-12(15)8-10-6-4-9(2)5-7-10/h4-7,11H,3,8H2,1-2H3,(H,14,15)(H,16,17)/t11-/m0/s1. The summed E-state index contributed by atoms with van der Waals surface area (Å²) in [5, 5.41) is 11.3. The number of benzene rings is 1. The van der Waals surface area contributed by atoms with E-state index in [0.29, 0.717) is 6.42 Å². The van der Waals surface area contributed by atoms with E-state index in [0.717, 1.165) is 11.1 Å². The molecule has 1 atom stereocenters. The third-order valence-corrected chi connectivity index (χ3v) is 2.53. The Bertz CT molecular complexity index is 398. The average molecular weight is 235 g/mol. The van der Waals surface area contributed by atoms with Crippen molar-refractivity contribution in [3.63, 3.8) is 0 Å². The summed E-state index contributed by atoms with van der Waals surface area (Å²) in [6, 6.07) is 6.80. The highest BCUT2D eigenvalue weighted by atomic mass is 16.4. The molecule has 0 radical (unpaired) electrons. The number of carbonyl (C=O) groups excluding carboxylic acids is 1. The Kier molecular flexibility index (Phi) is 4.69. The van der Waals surface area contributed by atoms with Gasteiger partial charge >= 0.3 is 5.97 Å². The molecule has 0 spiro atoms. The first-order valence-corrected chi connectivity index (χ1v) is 5.60. The number of carboxylic acids is 1. The average Bonchev–Trinajstić information content (AvgIpc) is 2.28. The highest BCUT2D eigenvalue weighted by Crippen LogP contribution is 2.04. The molecule has 1 amide bonds. The molecule has 17 heavy (non-hydrogen) atoms. The van der Waals surface area contributed by atoms with Crippen LogP contribution < -0.4 is 5.32 Å². The number of aliphatic carboxylic acids is 1. The topological polar surface area (TPSA) is 66.4 Å². The molecule has 0 bridgehead atoms. The zero-order valence-electron chi connectivity index (χ0n) is 10.1. The minimum atomic E-state index is -0.996. The second kappa shape index (κ2) is 6.03. The van der Waals surface area contributed by atoms with Gasteiger partial charge in [0.1, 0.15) is 6.04 Å². The van der Waals surface area contributed by atoms with E-state index >= 15 is 0 Å². The molecule has 1 aromatic rings. The van der Waals surface area contributed by atoms with Gasteiger partial charge in [0, 0.05) is 0 Å². The lowest BCUT2D eigenvalue weighted by molar-refractivity contribution is -0.141. The predicted octanol–water partition coefficient (Wildman–Crippen LogP) is 1.52. The number of hydrogen-bond acceptors (Lipinski definition) is 2. The fourth-order valence-corrected chi connectivity index (χ4v) is 1.48. The summed E-state index contributed by atoms with van der Waals surface area (Å²) in [7, 11) is 0. The van der Waals surface area contributed by atoms with Gasteiger partial charge < -0.3 is 10.4 Å². The summed E-state index contributed by atoms with van der Waals surface area (Å²) in [4.78, 5) is 22.3. The van der Waals surface area contributed by atoms with Crippen molar-refractivity contribution in [2.24, 2.45) is 0 Å². The lowest BCUT2D eigenvalue weighted by Gasteiger charge is -2.12. The molecule has 0 aliphatic rings. The first kappa shape index (κ1) is 13.2. The Morgan fingerprint density at radius 1 is 1.29 bits per heavy atom. The molecule has 0 aromatic heterocycles. The molecule has 0 aliphatic heterocycles. The fraction of sp³-hybridized carbons (Fsp3) is 0.385. The monoisotopic (exact) mass is 235 g/mol. The van der Waals surface area contributed by atoms with Crippen molar-refractivity contribution in [2.45, 2.75) is 32.7 Å². The molecule has 2 N–H and O–H groups in total. The zero-order valence-corrected chi connectivity index (χ0v) is 10.1. The van der Waals surface area contributed by atoms with E-state index in [4.69, 9.17) is 5.11 Å². The van der Waals surface area contributed by atoms with E-state index < -0.39 is 12.0 Å². The molecular weight excluding hydrogens is 218 g/mol. The largest absolute Gasteiger partial charge is 0.480 e. The maximum Gasteiger partial charge on any atom is 0.326 e. The lowest BCUT2D eigenvalue weighted by atomic mass is 10.1. The number of aryl methyl sites for hydroxylation is 1. The molecule has 1 aromatic carbocycles. The van der Waals surface area contributed by atoms with Crippen molar-refractivity contribution >= 4 is 11.9 Å². The number of hydrogen-bond donors (Lipinski definition) is 2. The fourth-order valence-electron chi connectivity index (χ4n) is 1.48. The third kappa shape index (κ3) is 4.26. The SMILES string of the molecule is CC[C@H](NC(=O)Cc1ccc(C)cc1)C(=O)O. The van der Waals surface area contributed by atoms with Crippen LogP contribution in [0.15, 0.2) is 24.3 Å². The quantitative estimate of drug-likeness (QED) is 0.813. The van der Waals surface area contributed by atoms with Gasteiger partial charge in [-0.05, 0) is 18.9 Å². The van der Waals surface area contributed by atoms with Gasteiger partial charge in [0.25, 0.3) is 0 Å². The second-order valence-corrected chi connectivity index (χ2v) is 4.03. The van der Waals surface area contributed by atoms with Crippen LogP contribution >= 0.6 is 0 Å². The van der Waals surface area contributed by atoms with Gasteiger partial charge in [0.05, 0.1) is 6.42 Å². The molecule has 92 valence electrons. The van der Waals surface area contributed by atoms with E-state index in [2.05, 4.69) is 5.32 Å². The highest BCUT2D eigenvalue weighted by molar-refractivity contribution is 5.84. The number of nitrogens with one attached hydrogen (secondary N) is 1. The van der Waals surface area contributed by atoms with E-state index in [1.807, 2.05) is 31.2 Å². The predicted molar refractivity (Wildman–Crippen MR) is 64.7 cm³/mol. The molecule has 4 nitrogen and oxygen atoms in total. The first-order valence-electron chi connectivity index (χ1n) is 5.60. The van der Waals surface area contributed by atoms with Crippen molar-refractivity contribution in [3.05, 3.63) is 35.4 Å². The van der Waals surface area contributed by atoms with Gasteiger partial charge in [-0.15, -0.1) is 0 Å². The van der Waals surface area contributed by atoms with Crippen LogP contribution in [0.4, 0.5) is 0 Å². The Morgan fingerprint density at radius 2 is 1.88 bits per heavy atom. The van der Waals surface area contributed by atoms with E-state index in [1.54, 1.807) is 6.92 Å². The first-order chi connectivity index (χ1) is 8.02. The molecular formula is C13H17NO3. The smallest absolute Gasteiger partial charge is 0.326 e. The normalized spacial score (nSPS) is 11.9. The summed E-state index contributed by atoms with van der Waals surface area (Å²) in [5.74, 6) is -1.26. The van der Waals surface area contributed by atoms with Crippen molar-refractivity contribution < 1.29 is 14.7 Å². The molecule has 0 fully saturated rings. The van der Waals surface area contributed by atoms with Crippen LogP contribution in [0.2, 0.25) is 0 Å². The summed E-state index contributed by atoms with van der Waals surface area (Å²) >= 11 is 0.